The lowest BCUT2D eigenvalue weighted by molar-refractivity contribution is 0.252. The number of anilines is 1. The molecule has 0 unspecified atom stereocenters. The van der Waals surface area contributed by atoms with Gasteiger partial charge < -0.3 is 10.6 Å². The van der Waals surface area contributed by atoms with Gasteiger partial charge in [0.05, 0.1) is 4.90 Å². The number of carbonyl (C=O) groups excluding carboxylic acids is 1. The maximum atomic E-state index is 12.3. The lowest BCUT2D eigenvalue weighted by Gasteiger charge is -2.18. The highest BCUT2D eigenvalue weighted by molar-refractivity contribution is 7.89. The van der Waals surface area contributed by atoms with Gasteiger partial charge in [-0.15, -0.1) is 0 Å². The van der Waals surface area contributed by atoms with E-state index < -0.39 is 10.0 Å². The van der Waals surface area contributed by atoms with Gasteiger partial charge in [0.15, 0.2) is 0 Å². The van der Waals surface area contributed by atoms with E-state index in [1.165, 1.54) is 16.4 Å². The van der Waals surface area contributed by atoms with E-state index in [0.29, 0.717) is 25.3 Å². The van der Waals surface area contributed by atoms with Gasteiger partial charge in [-0.1, -0.05) is 20.8 Å². The van der Waals surface area contributed by atoms with Gasteiger partial charge in [-0.25, -0.2) is 13.2 Å². The summed E-state index contributed by atoms with van der Waals surface area (Å²) in [6, 6.07) is 5.88. The average molecular weight is 313 g/mol. The molecule has 2 N–H and O–H groups in total. The lowest BCUT2D eigenvalue weighted by atomic mass is 10.3. The molecule has 0 heterocycles. The Balaban J connectivity index is 2.80. The van der Waals surface area contributed by atoms with Crippen LogP contribution in [-0.2, 0) is 10.0 Å². The maximum absolute atomic E-state index is 12.3. The number of benzene rings is 1. The minimum Gasteiger partial charge on any atom is -0.338 e. The molecule has 0 aliphatic heterocycles. The third kappa shape index (κ3) is 4.71. The van der Waals surface area contributed by atoms with E-state index in [4.69, 9.17) is 0 Å². The van der Waals surface area contributed by atoms with Crippen molar-refractivity contribution in [3.8, 4) is 0 Å². The van der Waals surface area contributed by atoms with E-state index in [9.17, 15) is 13.2 Å². The van der Waals surface area contributed by atoms with Crippen LogP contribution >= 0.6 is 0 Å². The molecule has 7 heteroatoms. The van der Waals surface area contributed by atoms with Crippen LogP contribution in [-0.4, -0.2) is 38.4 Å². The highest BCUT2D eigenvalue weighted by Crippen LogP contribution is 2.18. The molecule has 21 heavy (non-hydrogen) atoms. The highest BCUT2D eigenvalue weighted by Gasteiger charge is 2.21. The molecule has 0 atom stereocenters. The largest absolute Gasteiger partial charge is 0.338 e. The number of nitrogens with one attached hydrogen (secondary N) is 2. The molecule has 2 amide bonds. The first-order valence-corrected chi connectivity index (χ1v) is 8.54. The van der Waals surface area contributed by atoms with Crippen LogP contribution < -0.4 is 10.6 Å². The molecule has 0 fully saturated rings. The fourth-order valence-electron chi connectivity index (χ4n) is 1.84. The van der Waals surface area contributed by atoms with Crippen LogP contribution in [0.15, 0.2) is 29.2 Å². The van der Waals surface area contributed by atoms with Crippen LogP contribution in [0.4, 0.5) is 10.5 Å². The third-order valence-electron chi connectivity index (χ3n) is 2.99. The Labute approximate surface area is 126 Å². The summed E-state index contributed by atoms with van der Waals surface area (Å²) in [6.07, 6.45) is 0.856. The zero-order valence-corrected chi connectivity index (χ0v) is 13.5. The molecule has 0 aliphatic carbocycles. The molecule has 0 saturated carbocycles. The van der Waals surface area contributed by atoms with E-state index in [-0.39, 0.29) is 10.9 Å². The van der Waals surface area contributed by atoms with Crippen LogP contribution in [0, 0.1) is 0 Å². The van der Waals surface area contributed by atoms with Crippen LogP contribution in [0.1, 0.15) is 27.2 Å². The number of hydrogen-bond acceptors (Lipinski definition) is 3. The van der Waals surface area contributed by atoms with Gasteiger partial charge in [0.1, 0.15) is 0 Å². The first-order valence-electron chi connectivity index (χ1n) is 7.10. The first kappa shape index (κ1) is 17.5. The number of amides is 2. The maximum Gasteiger partial charge on any atom is 0.319 e. The summed E-state index contributed by atoms with van der Waals surface area (Å²) in [5.41, 5.74) is 0.558. The third-order valence-corrected chi connectivity index (χ3v) is 5.06. The Morgan fingerprint density at radius 3 is 2.14 bits per heavy atom. The Kier molecular flexibility index (Phi) is 6.64. The molecule has 0 aromatic heterocycles. The molecule has 1 aromatic rings. The van der Waals surface area contributed by atoms with Crippen LogP contribution in [0.2, 0.25) is 0 Å². The molecular formula is C14H23N3O3S. The minimum absolute atomic E-state index is 0.228. The minimum atomic E-state index is -3.46. The molecule has 0 radical (unpaired) electrons. The van der Waals surface area contributed by atoms with Gasteiger partial charge in [-0.05, 0) is 30.7 Å². The van der Waals surface area contributed by atoms with Crippen LogP contribution in [0.3, 0.4) is 0 Å². The molecular weight excluding hydrogens is 290 g/mol. The number of urea groups is 1. The van der Waals surface area contributed by atoms with Gasteiger partial charge in [0.2, 0.25) is 10.0 Å². The zero-order valence-electron chi connectivity index (χ0n) is 12.7. The van der Waals surface area contributed by atoms with Gasteiger partial charge in [-0.2, -0.15) is 4.31 Å². The molecule has 6 nitrogen and oxygen atoms in total. The van der Waals surface area contributed by atoms with Crippen LogP contribution in [0.25, 0.3) is 0 Å². The molecule has 0 bridgehead atoms. The SMILES string of the molecule is CCCNC(=O)Nc1ccc(S(=O)(=O)N(CC)CC)cc1. The standard InChI is InChI=1S/C14H23N3O3S/c1-4-11-15-14(18)16-12-7-9-13(10-8-12)21(19,20)17(5-2)6-3/h7-10H,4-6,11H2,1-3H3,(H2,15,16,18). The smallest absolute Gasteiger partial charge is 0.319 e. The summed E-state index contributed by atoms with van der Waals surface area (Å²) in [5.74, 6) is 0. The van der Waals surface area contributed by atoms with Crippen molar-refractivity contribution in [3.05, 3.63) is 24.3 Å². The van der Waals surface area contributed by atoms with Crippen molar-refractivity contribution in [1.29, 1.82) is 0 Å². The van der Waals surface area contributed by atoms with E-state index >= 15 is 0 Å². The van der Waals surface area contributed by atoms with Gasteiger partial charge in [0.25, 0.3) is 0 Å². The Morgan fingerprint density at radius 2 is 1.67 bits per heavy atom. The predicted molar refractivity (Wildman–Crippen MR) is 83.9 cm³/mol. The fraction of sp³-hybridized carbons (Fsp3) is 0.500. The first-order chi connectivity index (χ1) is 9.95. The highest BCUT2D eigenvalue weighted by atomic mass is 32.2. The van der Waals surface area contributed by atoms with Gasteiger partial charge in [0, 0.05) is 25.3 Å². The molecule has 0 saturated heterocycles. The lowest BCUT2D eigenvalue weighted by Crippen LogP contribution is -2.30. The summed E-state index contributed by atoms with van der Waals surface area (Å²) in [7, 11) is -3.46. The summed E-state index contributed by atoms with van der Waals surface area (Å²) in [5, 5.41) is 5.34. The molecule has 118 valence electrons. The van der Waals surface area contributed by atoms with Gasteiger partial charge in [-0.3, -0.25) is 0 Å². The Bertz CT molecular complexity index is 551. The second-order valence-electron chi connectivity index (χ2n) is 4.49. The van der Waals surface area contributed by atoms with Crippen molar-refractivity contribution in [3.63, 3.8) is 0 Å². The molecule has 0 aliphatic rings. The van der Waals surface area contributed by atoms with E-state index in [0.717, 1.165) is 6.42 Å². The van der Waals surface area contributed by atoms with E-state index in [1.807, 2.05) is 6.92 Å². The Hall–Kier alpha value is -1.60. The van der Waals surface area contributed by atoms with E-state index in [1.54, 1.807) is 26.0 Å². The zero-order chi connectivity index (χ0) is 15.9. The number of sulfonamides is 1. The van der Waals surface area contributed by atoms with Crippen molar-refractivity contribution < 1.29 is 13.2 Å². The summed E-state index contributed by atoms with van der Waals surface area (Å²) in [4.78, 5) is 11.7. The molecule has 0 spiro atoms. The monoisotopic (exact) mass is 313 g/mol. The number of carbonyl (C=O) groups is 1. The van der Waals surface area contributed by atoms with Crippen molar-refractivity contribution in [1.82, 2.24) is 9.62 Å². The quantitative estimate of drug-likeness (QED) is 0.810. The summed E-state index contributed by atoms with van der Waals surface area (Å²) < 4.78 is 26.0. The molecule has 1 rings (SSSR count). The number of hydrogen-bond donors (Lipinski definition) is 2. The van der Waals surface area contributed by atoms with Crippen LogP contribution in [0.5, 0.6) is 0 Å². The Morgan fingerprint density at radius 1 is 1.10 bits per heavy atom. The average Bonchev–Trinajstić information content (AvgIpc) is 2.46. The predicted octanol–water partition coefficient (Wildman–Crippen LogP) is 2.25. The van der Waals surface area contributed by atoms with Crippen molar-refractivity contribution in [2.24, 2.45) is 0 Å². The van der Waals surface area contributed by atoms with Crippen molar-refractivity contribution in [2.45, 2.75) is 32.1 Å². The van der Waals surface area contributed by atoms with Gasteiger partial charge >= 0.3 is 6.03 Å². The molecule has 1 aromatic carbocycles. The topological polar surface area (TPSA) is 78.5 Å². The summed E-state index contributed by atoms with van der Waals surface area (Å²) in [6.45, 7) is 7.02. The van der Waals surface area contributed by atoms with Crippen molar-refractivity contribution in [2.75, 3.05) is 25.0 Å². The fourth-order valence-corrected chi connectivity index (χ4v) is 3.29. The number of nitrogens with zero attached hydrogens (tertiary/aromatic N) is 1. The normalized spacial score (nSPS) is 11.4. The number of rotatable bonds is 7. The van der Waals surface area contributed by atoms with Crippen molar-refractivity contribution >= 4 is 21.7 Å². The van der Waals surface area contributed by atoms with E-state index in [2.05, 4.69) is 10.6 Å². The second kappa shape index (κ2) is 7.99. The summed E-state index contributed by atoms with van der Waals surface area (Å²) >= 11 is 0. The second-order valence-corrected chi connectivity index (χ2v) is 6.43.